The molecule has 11 heteroatoms. The van der Waals surface area contributed by atoms with Crippen LogP contribution in [0.2, 0.25) is 0 Å². The minimum atomic E-state index is 0.452. The molecule has 0 spiro atoms. The molecule has 0 aliphatic heterocycles. The van der Waals surface area contributed by atoms with Crippen molar-refractivity contribution < 1.29 is 0 Å². The zero-order valence-corrected chi connectivity index (χ0v) is 98.0. The Kier molecular flexibility index (Phi) is 55.5. The number of aromatic nitrogens is 7. The standard InChI is InChI=1S/C15H24.3C14H23N.C13H22N2.2C13H22S.2C12H21NS/c1-10(2)13-7-8-14(11(3)4)15(9-13)12(5)6;1-9(2)12-7-14(11(5)6)15-8-13(12)10(3)4;1-9(2)12-7-13(10(3)4)14(11(5)6)15-8-12;1-9(2)12-7-8-13(10(3)4)15-14(12)11(5)6;1-8(2)11-7-14-12(9(3)4)13(15-11)10(5)6;2*1-8(2)11-7-12(9(3)4)14-13(11)10(5)6;2*1-7(2)10-11(8(3)4)14-12(13-10)9(5)6/h7-12H,1-6H3;3*7-11H,1-6H3;7-10H,1-6H3;2*7-10H,1-6H3;2*7-9H,1-6H3. The van der Waals surface area contributed by atoms with Crippen molar-refractivity contribution in [3.8, 4) is 0 Å². The monoisotopic (exact) mass is 1870 g/mol. The first-order chi connectivity index (χ1) is 60.4. The second-order valence-corrected chi connectivity index (χ2v) is 49.7. The Labute approximate surface area is 827 Å². The fourth-order valence-electron chi connectivity index (χ4n) is 15.0. The van der Waals surface area contributed by atoms with Crippen LogP contribution in [-0.2, 0) is 0 Å². The predicted molar refractivity (Wildman–Crippen MR) is 594 cm³/mol. The van der Waals surface area contributed by atoms with E-state index in [-0.39, 0.29) is 0 Å². The van der Waals surface area contributed by atoms with E-state index < -0.39 is 0 Å². The summed E-state index contributed by atoms with van der Waals surface area (Å²) in [7, 11) is 0. The Hall–Kier alpha value is -5.59. The van der Waals surface area contributed by atoms with Crippen LogP contribution in [0.4, 0.5) is 0 Å². The molecule has 131 heavy (non-hydrogen) atoms. The Balaban J connectivity index is 0.000000737. The van der Waals surface area contributed by atoms with E-state index in [0.717, 1.165) is 17.1 Å². The highest BCUT2D eigenvalue weighted by molar-refractivity contribution is 7.13. The zero-order chi connectivity index (χ0) is 101. The second kappa shape index (κ2) is 58.9. The third-order valence-corrected chi connectivity index (χ3v) is 30.4. The summed E-state index contributed by atoms with van der Waals surface area (Å²) in [5, 5.41) is 2.58. The van der Waals surface area contributed by atoms with Crippen LogP contribution in [0.5, 0.6) is 0 Å². The molecule has 0 N–H and O–H groups in total. The van der Waals surface area contributed by atoms with Crippen molar-refractivity contribution in [2.75, 3.05) is 0 Å². The molecule has 740 valence electrons. The summed E-state index contributed by atoms with van der Waals surface area (Å²) >= 11 is 7.79. The minimum Gasteiger partial charge on any atom is -0.261 e. The van der Waals surface area contributed by atoms with E-state index in [4.69, 9.17) is 19.9 Å². The van der Waals surface area contributed by atoms with Crippen molar-refractivity contribution in [1.82, 2.24) is 34.9 Å². The van der Waals surface area contributed by atoms with Crippen molar-refractivity contribution in [3.63, 3.8) is 0 Å². The fourth-order valence-corrected chi connectivity index (χ4v) is 20.1. The van der Waals surface area contributed by atoms with E-state index in [2.05, 4.69) is 450 Å². The molecule has 8 aromatic heterocycles. The van der Waals surface area contributed by atoms with Gasteiger partial charge >= 0.3 is 0 Å². The lowest BCUT2D eigenvalue weighted by molar-refractivity contribution is 0.695. The molecular formula is C120H201N7S4. The van der Waals surface area contributed by atoms with E-state index >= 15 is 0 Å². The van der Waals surface area contributed by atoms with Crippen molar-refractivity contribution >= 4 is 45.3 Å². The molecule has 0 saturated heterocycles. The van der Waals surface area contributed by atoms with Gasteiger partial charge in [0.25, 0.3) is 0 Å². The number of hydrogen-bond acceptors (Lipinski definition) is 11. The van der Waals surface area contributed by atoms with E-state index in [1.807, 2.05) is 57.7 Å². The molecular weight excluding hydrogens is 1670 g/mol. The molecule has 0 unspecified atom stereocenters. The topological polar surface area (TPSA) is 90.2 Å². The Morgan fingerprint density at radius 2 is 0.481 bits per heavy atom. The van der Waals surface area contributed by atoms with Gasteiger partial charge in [0.05, 0.1) is 38.5 Å². The van der Waals surface area contributed by atoms with Crippen molar-refractivity contribution in [2.24, 2.45) is 0 Å². The second-order valence-electron chi connectivity index (χ2n) is 45.4. The van der Waals surface area contributed by atoms with Gasteiger partial charge in [0.1, 0.15) is 0 Å². The van der Waals surface area contributed by atoms with Crippen LogP contribution in [0.15, 0.2) is 73.2 Å². The Morgan fingerprint density at radius 1 is 0.160 bits per heavy atom. The van der Waals surface area contributed by atoms with Crippen LogP contribution >= 0.6 is 45.3 Å². The molecule has 9 rings (SSSR count). The normalized spacial score (nSPS) is 11.9. The number of thiazole rings is 2. The lowest BCUT2D eigenvalue weighted by Gasteiger charge is -2.18. The smallest absolute Gasteiger partial charge is 0.0956 e. The molecule has 0 saturated carbocycles. The van der Waals surface area contributed by atoms with E-state index in [9.17, 15) is 0 Å². The summed E-state index contributed by atoms with van der Waals surface area (Å²) in [4.78, 5) is 41.9. The molecule has 1 aromatic carbocycles. The van der Waals surface area contributed by atoms with Crippen molar-refractivity contribution in [2.45, 2.75) is 534 Å². The van der Waals surface area contributed by atoms with Gasteiger partial charge in [-0.1, -0.05) is 404 Å². The summed E-state index contributed by atoms with van der Waals surface area (Å²) < 4.78 is 0. The molecule has 7 nitrogen and oxygen atoms in total. The van der Waals surface area contributed by atoms with Crippen LogP contribution in [0.1, 0.15) is 680 Å². The maximum Gasteiger partial charge on any atom is 0.0956 e. The van der Waals surface area contributed by atoms with E-state index in [1.54, 1.807) is 20.9 Å². The maximum atomic E-state index is 4.79. The molecule has 9 aromatic rings. The fraction of sp³-hybridized carbons (Fsp3) is 0.675. The summed E-state index contributed by atoms with van der Waals surface area (Å²) in [6.45, 7) is 121. The van der Waals surface area contributed by atoms with Crippen LogP contribution in [-0.4, -0.2) is 34.9 Å². The maximum absolute atomic E-state index is 4.79. The van der Waals surface area contributed by atoms with E-state index in [0.29, 0.717) is 160 Å². The van der Waals surface area contributed by atoms with Gasteiger partial charge in [-0.2, -0.15) is 0 Å². The first-order valence-electron chi connectivity index (χ1n) is 51.7. The van der Waals surface area contributed by atoms with Crippen LogP contribution in [0.3, 0.4) is 0 Å². The van der Waals surface area contributed by atoms with Gasteiger partial charge in [-0.15, -0.1) is 45.3 Å². The SMILES string of the molecule is CC(C)c1cc(C(C)C)c(C(C)C)cn1.CC(C)c1cc(C(C)C)c(C(C)C)s1.CC(C)c1cc(C(C)C)c(C(C)C)s1.CC(C)c1ccc(C(C)C)c(C(C)C)c1.CC(C)c1ccc(C(C)C)c(C(C)C)n1.CC(C)c1cnc(C(C)C)c(C(C)C)c1.CC(C)c1cnc(C(C)C)c(C(C)C)n1.CC(C)c1nc(C(C)C)c(C(C)C)s1.CC(C)c1nc(C(C)C)c(C(C)C)s1. The van der Waals surface area contributed by atoms with Crippen molar-refractivity contribution in [3.05, 3.63) is 219 Å². The third kappa shape index (κ3) is 40.2. The summed E-state index contributed by atoms with van der Waals surface area (Å²) in [5.74, 6) is 15.6. The zero-order valence-electron chi connectivity index (χ0n) is 94.8. The summed E-state index contributed by atoms with van der Waals surface area (Å²) in [6, 6.07) is 20.9. The van der Waals surface area contributed by atoms with Gasteiger partial charge in [-0.05, 0) is 228 Å². The van der Waals surface area contributed by atoms with Crippen molar-refractivity contribution in [1.29, 1.82) is 0 Å². The lowest BCUT2D eigenvalue weighted by Crippen LogP contribution is -2.08. The molecule has 0 radical (unpaired) electrons. The quantitative estimate of drug-likeness (QED) is 0.0507. The number of pyridine rings is 3. The number of nitrogens with zero attached hydrogens (tertiary/aromatic N) is 7. The van der Waals surface area contributed by atoms with Crippen LogP contribution in [0, 0.1) is 0 Å². The van der Waals surface area contributed by atoms with Gasteiger partial charge in [0.2, 0.25) is 0 Å². The Morgan fingerprint density at radius 3 is 0.771 bits per heavy atom. The largest absolute Gasteiger partial charge is 0.261 e. The molecule has 8 heterocycles. The summed E-state index contributed by atoms with van der Waals surface area (Å²) in [6.07, 6.45) is 6.02. The van der Waals surface area contributed by atoms with E-state index in [1.165, 1.54) is 108 Å². The predicted octanol–water partition coefficient (Wildman–Crippen LogP) is 41.5. The highest BCUT2D eigenvalue weighted by Gasteiger charge is 2.25. The molecule has 0 fully saturated rings. The van der Waals surface area contributed by atoms with Gasteiger partial charge < -0.3 is 0 Å². The highest BCUT2D eigenvalue weighted by Crippen LogP contribution is 2.42. The highest BCUT2D eigenvalue weighted by atomic mass is 32.1. The third-order valence-electron chi connectivity index (χ3n) is 23.5. The van der Waals surface area contributed by atoms with Gasteiger partial charge in [-0.3, -0.25) is 24.9 Å². The number of benzene rings is 1. The molecule has 0 bridgehead atoms. The number of thiophene rings is 2. The minimum absolute atomic E-state index is 0.452. The molecule has 0 aliphatic rings. The first kappa shape index (κ1) is 123. The van der Waals surface area contributed by atoms with Crippen LogP contribution in [0.25, 0.3) is 0 Å². The molecule has 0 aliphatic carbocycles. The number of rotatable bonds is 27. The Bertz CT molecular complexity index is 3920. The first-order valence-corrected chi connectivity index (χ1v) is 54.9. The average molecular weight is 1870 g/mol. The van der Waals surface area contributed by atoms with Gasteiger partial charge in [-0.25, -0.2) is 9.97 Å². The molecule has 0 atom stereocenters. The average Bonchev–Trinajstić information content (AvgIpc) is 1.60. The number of hydrogen-bond donors (Lipinski definition) is 0. The van der Waals surface area contributed by atoms with Gasteiger partial charge in [0, 0.05) is 82.5 Å². The van der Waals surface area contributed by atoms with Gasteiger partial charge in [0.15, 0.2) is 0 Å². The summed E-state index contributed by atoms with van der Waals surface area (Å²) in [5.41, 5.74) is 25.6. The lowest BCUT2D eigenvalue weighted by atomic mass is 9.87. The van der Waals surface area contributed by atoms with Crippen LogP contribution < -0.4 is 0 Å². The molecule has 0 amide bonds.